The minimum absolute atomic E-state index is 0.0671. The van der Waals surface area contributed by atoms with E-state index in [4.69, 9.17) is 42.1 Å². The van der Waals surface area contributed by atoms with Gasteiger partial charge < -0.3 is 23.5 Å². The Bertz CT molecular complexity index is 1510. The van der Waals surface area contributed by atoms with Gasteiger partial charge in [0, 0.05) is 69.1 Å². The highest BCUT2D eigenvalue weighted by Crippen LogP contribution is 2.41. The molecule has 0 bridgehead atoms. The highest BCUT2D eigenvalue weighted by Gasteiger charge is 2.37. The SMILES string of the molecule is COCCN(CCCOc1ccc(C2c3c(c4cc(Cl)ccc4n3C)CCN2C(=O)OC2=C[C@H](C)C(Cl)C=C2)cc1)CCOC. The third kappa shape index (κ3) is 7.87. The maximum atomic E-state index is 13.8. The molecule has 0 saturated heterocycles. The summed E-state index contributed by atoms with van der Waals surface area (Å²) in [5, 5.41) is 1.69. The average molecular weight is 657 g/mol. The molecule has 45 heavy (non-hydrogen) atoms. The second-order valence-corrected chi connectivity index (χ2v) is 12.6. The molecule has 0 fully saturated rings. The fourth-order valence-corrected chi connectivity index (χ4v) is 6.48. The van der Waals surface area contributed by atoms with E-state index in [9.17, 15) is 4.79 Å². The van der Waals surface area contributed by atoms with Crippen molar-refractivity contribution < 1.29 is 23.7 Å². The molecule has 3 atom stereocenters. The number of carbonyl (C=O) groups is 1. The normalized spacial score (nSPS) is 19.6. The lowest BCUT2D eigenvalue weighted by atomic mass is 9.92. The minimum atomic E-state index is -0.392. The molecule has 2 heterocycles. The van der Waals surface area contributed by atoms with Crippen LogP contribution in [0.4, 0.5) is 4.79 Å². The third-order valence-corrected chi connectivity index (χ3v) is 9.39. The van der Waals surface area contributed by atoms with Gasteiger partial charge in [-0.15, -0.1) is 11.6 Å². The molecule has 8 nitrogen and oxygen atoms in total. The van der Waals surface area contributed by atoms with Gasteiger partial charge in [0.15, 0.2) is 0 Å². The van der Waals surface area contributed by atoms with Gasteiger partial charge in [-0.2, -0.15) is 0 Å². The monoisotopic (exact) mass is 655 g/mol. The first kappa shape index (κ1) is 33.4. The van der Waals surface area contributed by atoms with Crippen molar-refractivity contribution >= 4 is 40.2 Å². The second kappa shape index (κ2) is 15.5. The number of amides is 1. The van der Waals surface area contributed by atoms with Crippen LogP contribution in [-0.4, -0.2) is 86.1 Å². The summed E-state index contributed by atoms with van der Waals surface area (Å²) >= 11 is 12.8. The fraction of sp³-hybridized carbons (Fsp3) is 0.457. The summed E-state index contributed by atoms with van der Waals surface area (Å²) < 4.78 is 24.7. The molecule has 1 aromatic heterocycles. The molecule has 0 saturated carbocycles. The molecule has 242 valence electrons. The van der Waals surface area contributed by atoms with Crippen molar-refractivity contribution in [3.8, 4) is 5.75 Å². The molecule has 0 N–H and O–H groups in total. The number of allylic oxidation sites excluding steroid dienone is 3. The molecule has 0 spiro atoms. The Balaban J connectivity index is 1.35. The fourth-order valence-electron chi connectivity index (χ4n) is 6.16. The summed E-state index contributed by atoms with van der Waals surface area (Å²) in [6, 6.07) is 13.7. The van der Waals surface area contributed by atoms with Crippen molar-refractivity contribution in [2.24, 2.45) is 13.0 Å². The molecule has 10 heteroatoms. The molecule has 0 radical (unpaired) electrons. The van der Waals surface area contributed by atoms with Gasteiger partial charge in [-0.25, -0.2) is 4.79 Å². The van der Waals surface area contributed by atoms with Crippen molar-refractivity contribution in [3.05, 3.63) is 88.3 Å². The highest BCUT2D eigenvalue weighted by atomic mass is 35.5. The first-order chi connectivity index (χ1) is 21.8. The molecule has 1 amide bonds. The molecular formula is C35H43Cl2N3O5. The van der Waals surface area contributed by atoms with Gasteiger partial charge in [-0.05, 0) is 72.4 Å². The Morgan fingerprint density at radius 1 is 1.02 bits per heavy atom. The first-order valence-electron chi connectivity index (χ1n) is 15.5. The number of ether oxygens (including phenoxy) is 4. The number of benzene rings is 2. The topological polar surface area (TPSA) is 65.4 Å². The lowest BCUT2D eigenvalue weighted by molar-refractivity contribution is 0.110. The smallest absolute Gasteiger partial charge is 0.416 e. The van der Waals surface area contributed by atoms with Crippen LogP contribution in [0.25, 0.3) is 10.9 Å². The van der Waals surface area contributed by atoms with Crippen molar-refractivity contribution in [2.45, 2.75) is 31.2 Å². The van der Waals surface area contributed by atoms with Crippen LogP contribution < -0.4 is 4.74 Å². The molecule has 1 aliphatic carbocycles. The lowest BCUT2D eigenvalue weighted by Crippen LogP contribution is -2.41. The van der Waals surface area contributed by atoms with Gasteiger partial charge in [-0.1, -0.05) is 36.7 Å². The largest absolute Gasteiger partial charge is 0.494 e. The van der Waals surface area contributed by atoms with Gasteiger partial charge in [0.25, 0.3) is 0 Å². The number of halogens is 2. The number of methoxy groups -OCH3 is 2. The van der Waals surface area contributed by atoms with Crippen LogP contribution in [0.2, 0.25) is 5.02 Å². The van der Waals surface area contributed by atoms with E-state index in [1.807, 2.05) is 73.5 Å². The van der Waals surface area contributed by atoms with Crippen LogP contribution >= 0.6 is 23.2 Å². The van der Waals surface area contributed by atoms with Crippen molar-refractivity contribution in [1.82, 2.24) is 14.4 Å². The number of nitrogens with zero attached hydrogens (tertiary/aromatic N) is 3. The van der Waals surface area contributed by atoms with Crippen LogP contribution in [0.5, 0.6) is 5.75 Å². The van der Waals surface area contributed by atoms with Crippen molar-refractivity contribution in [2.75, 3.05) is 60.2 Å². The number of alkyl halides is 1. The average Bonchev–Trinajstić information content (AvgIpc) is 3.32. The summed E-state index contributed by atoms with van der Waals surface area (Å²) in [4.78, 5) is 17.9. The second-order valence-electron chi connectivity index (χ2n) is 11.6. The van der Waals surface area contributed by atoms with Gasteiger partial charge in [0.1, 0.15) is 17.6 Å². The Labute approximate surface area is 276 Å². The van der Waals surface area contributed by atoms with E-state index in [0.29, 0.717) is 43.6 Å². The van der Waals surface area contributed by atoms with Crippen molar-refractivity contribution in [3.63, 3.8) is 0 Å². The molecule has 2 unspecified atom stereocenters. The molecule has 2 aromatic carbocycles. The maximum absolute atomic E-state index is 13.8. The molecule has 2 aliphatic rings. The summed E-state index contributed by atoms with van der Waals surface area (Å²) in [5.74, 6) is 1.37. The molecular weight excluding hydrogens is 613 g/mol. The zero-order valence-corrected chi connectivity index (χ0v) is 28.0. The van der Waals surface area contributed by atoms with Gasteiger partial charge in [0.05, 0.1) is 25.2 Å². The number of hydrogen-bond donors (Lipinski definition) is 0. The quantitative estimate of drug-likeness (QED) is 0.146. The zero-order valence-electron chi connectivity index (χ0n) is 26.5. The number of aromatic nitrogens is 1. The van der Waals surface area contributed by atoms with Crippen LogP contribution in [0, 0.1) is 5.92 Å². The van der Waals surface area contributed by atoms with E-state index in [2.05, 4.69) is 9.47 Å². The number of carbonyl (C=O) groups excluding carboxylic acids is 1. The van der Waals surface area contributed by atoms with Crippen LogP contribution in [0.1, 0.15) is 36.2 Å². The number of rotatable bonds is 13. The van der Waals surface area contributed by atoms with Crippen LogP contribution in [0.3, 0.4) is 0 Å². The van der Waals surface area contributed by atoms with E-state index in [-0.39, 0.29) is 17.3 Å². The van der Waals surface area contributed by atoms with Gasteiger partial charge >= 0.3 is 6.09 Å². The Kier molecular flexibility index (Phi) is 11.5. The first-order valence-corrected chi connectivity index (χ1v) is 16.3. The van der Waals surface area contributed by atoms with E-state index in [0.717, 1.165) is 54.0 Å². The third-order valence-electron chi connectivity index (χ3n) is 8.61. The van der Waals surface area contributed by atoms with E-state index in [1.165, 1.54) is 5.56 Å². The Hall–Kier alpha value is -3.01. The minimum Gasteiger partial charge on any atom is -0.494 e. The number of aryl methyl sites for hydroxylation is 1. The van der Waals surface area contributed by atoms with Crippen molar-refractivity contribution in [1.29, 1.82) is 0 Å². The summed E-state index contributed by atoms with van der Waals surface area (Å²) in [5.41, 5.74) is 4.31. The van der Waals surface area contributed by atoms with E-state index >= 15 is 0 Å². The number of fused-ring (bicyclic) bond motifs is 3. The Morgan fingerprint density at radius 2 is 1.76 bits per heavy atom. The highest BCUT2D eigenvalue weighted by molar-refractivity contribution is 6.31. The summed E-state index contributed by atoms with van der Waals surface area (Å²) in [6.07, 6.45) is 6.73. The standard InChI is InChI=1S/C35H43Cl2N3O5/c1-24-22-28(11-12-31(24)37)45-35(41)40-16-14-29-30-23-26(36)8-13-32(30)38(2)34(29)33(40)25-6-9-27(10-7-25)44-19-5-15-39(17-20-42-3)18-21-43-4/h6-13,22-24,31,33H,5,14-21H2,1-4H3/t24-,31?,33?/m0/s1. The summed E-state index contributed by atoms with van der Waals surface area (Å²) in [7, 11) is 5.48. The lowest BCUT2D eigenvalue weighted by Gasteiger charge is -2.36. The predicted octanol–water partition coefficient (Wildman–Crippen LogP) is 6.98. The van der Waals surface area contributed by atoms with E-state index < -0.39 is 6.09 Å². The number of hydrogen-bond acceptors (Lipinski definition) is 6. The molecule has 5 rings (SSSR count). The maximum Gasteiger partial charge on any atom is 0.416 e. The molecule has 3 aromatic rings. The predicted molar refractivity (Wildman–Crippen MR) is 179 cm³/mol. The van der Waals surface area contributed by atoms with Crippen LogP contribution in [-0.2, 0) is 27.7 Å². The zero-order chi connectivity index (χ0) is 31.9. The van der Waals surface area contributed by atoms with Gasteiger partial charge in [0.2, 0.25) is 0 Å². The van der Waals surface area contributed by atoms with Crippen LogP contribution in [0.15, 0.2) is 66.5 Å². The van der Waals surface area contributed by atoms with E-state index in [1.54, 1.807) is 20.3 Å². The molecule has 1 aliphatic heterocycles. The summed E-state index contributed by atoms with van der Waals surface area (Å²) in [6.45, 7) is 7.09. The van der Waals surface area contributed by atoms with Gasteiger partial charge in [-0.3, -0.25) is 9.80 Å². The Morgan fingerprint density at radius 3 is 2.44 bits per heavy atom.